The Bertz CT molecular complexity index is 901. The van der Waals surface area contributed by atoms with E-state index in [9.17, 15) is 17.2 Å². The van der Waals surface area contributed by atoms with Crippen LogP contribution in [0.4, 0.5) is 8.78 Å². The van der Waals surface area contributed by atoms with Gasteiger partial charge in [0.05, 0.1) is 15.7 Å². The molecule has 0 spiro atoms. The van der Waals surface area contributed by atoms with E-state index in [0.29, 0.717) is 10.8 Å². The smallest absolute Gasteiger partial charge is 0.186 e. The summed E-state index contributed by atoms with van der Waals surface area (Å²) in [5.74, 6) is -1.18. The molecule has 1 aliphatic heterocycles. The minimum Gasteiger partial charge on any atom is -0.489 e. The van der Waals surface area contributed by atoms with Gasteiger partial charge in [0.2, 0.25) is 0 Å². The minimum absolute atomic E-state index is 0.00444. The van der Waals surface area contributed by atoms with Crippen molar-refractivity contribution in [1.82, 2.24) is 0 Å². The van der Waals surface area contributed by atoms with Crippen molar-refractivity contribution in [2.45, 2.75) is 28.7 Å². The van der Waals surface area contributed by atoms with E-state index in [1.165, 1.54) is 36.0 Å². The van der Waals surface area contributed by atoms with Crippen LogP contribution in [0.3, 0.4) is 0 Å². The van der Waals surface area contributed by atoms with Gasteiger partial charge in [0.1, 0.15) is 17.7 Å². The second-order valence-corrected chi connectivity index (χ2v) is 9.76. The second kappa shape index (κ2) is 7.74. The highest BCUT2D eigenvalue weighted by atomic mass is 35.5. The molecule has 0 saturated carbocycles. The average Bonchev–Trinajstić information content (AvgIpc) is 2.62. The molecule has 140 valence electrons. The molecular formula is C18H17ClF2O3S2. The zero-order valence-electron chi connectivity index (χ0n) is 13.9. The standard InChI is InChI=1S/C18H17ClF2O3S2/c1-2-9-25-15-10-24-17-14(21)8-7-13(20)16(17)18(15)26(22,23)12-5-3-11(19)4-6-12/h3-8,15,18H,2,9-10H2,1H3. The molecule has 2 atom stereocenters. The zero-order chi connectivity index (χ0) is 18.9. The molecule has 0 radical (unpaired) electrons. The van der Waals surface area contributed by atoms with E-state index in [1.807, 2.05) is 6.92 Å². The predicted octanol–water partition coefficient (Wildman–Crippen LogP) is 5.04. The third-order valence-electron chi connectivity index (χ3n) is 4.12. The Morgan fingerprint density at radius 3 is 2.46 bits per heavy atom. The summed E-state index contributed by atoms with van der Waals surface area (Å²) in [6.45, 7) is 1.96. The van der Waals surface area contributed by atoms with E-state index in [4.69, 9.17) is 16.3 Å². The molecule has 0 saturated heterocycles. The second-order valence-electron chi connectivity index (χ2n) is 5.91. The van der Waals surface area contributed by atoms with Crippen LogP contribution in [-0.2, 0) is 9.84 Å². The first-order chi connectivity index (χ1) is 12.4. The number of rotatable bonds is 5. The Hall–Kier alpha value is -1.31. The molecule has 8 heteroatoms. The average molecular weight is 419 g/mol. The summed E-state index contributed by atoms with van der Waals surface area (Å²) in [6.07, 6.45) is 0.827. The highest BCUT2D eigenvalue weighted by Crippen LogP contribution is 2.46. The normalized spacial score (nSPS) is 19.7. The maximum atomic E-state index is 14.6. The summed E-state index contributed by atoms with van der Waals surface area (Å²) >= 11 is 7.23. The van der Waals surface area contributed by atoms with Gasteiger partial charge >= 0.3 is 0 Å². The summed E-state index contributed by atoms with van der Waals surface area (Å²) in [7, 11) is -3.98. The molecule has 3 rings (SSSR count). The maximum absolute atomic E-state index is 14.6. The van der Waals surface area contributed by atoms with Crippen LogP contribution in [0.25, 0.3) is 0 Å². The van der Waals surface area contributed by atoms with E-state index in [2.05, 4.69) is 0 Å². The molecular weight excluding hydrogens is 402 g/mol. The Morgan fingerprint density at radius 1 is 1.15 bits per heavy atom. The van der Waals surface area contributed by atoms with Crippen molar-refractivity contribution in [3.05, 3.63) is 58.6 Å². The SMILES string of the molecule is CCCSC1COc2c(F)ccc(F)c2C1S(=O)(=O)c1ccc(Cl)cc1. The lowest BCUT2D eigenvalue weighted by molar-refractivity contribution is 0.270. The molecule has 2 aromatic carbocycles. The summed E-state index contributed by atoms with van der Waals surface area (Å²) in [6, 6.07) is 7.57. The van der Waals surface area contributed by atoms with E-state index < -0.39 is 32.0 Å². The van der Waals surface area contributed by atoms with Gasteiger partial charge < -0.3 is 4.74 Å². The molecule has 0 aromatic heterocycles. The summed E-state index contributed by atoms with van der Waals surface area (Å²) < 4.78 is 60.7. The van der Waals surface area contributed by atoms with Gasteiger partial charge in [-0.2, -0.15) is 11.8 Å². The predicted molar refractivity (Wildman–Crippen MR) is 99.8 cm³/mol. The van der Waals surface area contributed by atoms with Crippen molar-refractivity contribution < 1.29 is 21.9 Å². The fourth-order valence-electron chi connectivity index (χ4n) is 2.93. The quantitative estimate of drug-likeness (QED) is 0.682. The van der Waals surface area contributed by atoms with Gasteiger partial charge in [-0.15, -0.1) is 0 Å². The first-order valence-electron chi connectivity index (χ1n) is 8.08. The monoisotopic (exact) mass is 418 g/mol. The van der Waals surface area contributed by atoms with Crippen LogP contribution in [0.1, 0.15) is 24.2 Å². The van der Waals surface area contributed by atoms with Gasteiger partial charge in [0, 0.05) is 5.02 Å². The van der Waals surface area contributed by atoms with E-state index in [-0.39, 0.29) is 22.8 Å². The Kier molecular flexibility index (Phi) is 5.79. The Morgan fingerprint density at radius 2 is 1.81 bits per heavy atom. The van der Waals surface area contributed by atoms with E-state index in [0.717, 1.165) is 18.6 Å². The molecule has 1 heterocycles. The van der Waals surface area contributed by atoms with Crippen molar-refractivity contribution >= 4 is 33.2 Å². The molecule has 2 aromatic rings. The summed E-state index contributed by atoms with van der Waals surface area (Å²) in [5.41, 5.74) is -0.236. The van der Waals surface area contributed by atoms with Crippen molar-refractivity contribution in [3.63, 3.8) is 0 Å². The summed E-state index contributed by atoms with van der Waals surface area (Å²) in [5, 5.41) is -1.38. The minimum atomic E-state index is -3.98. The molecule has 0 amide bonds. The van der Waals surface area contributed by atoms with Crippen LogP contribution >= 0.6 is 23.4 Å². The van der Waals surface area contributed by atoms with Crippen molar-refractivity contribution in [3.8, 4) is 5.75 Å². The first-order valence-corrected chi connectivity index (χ1v) is 11.0. The van der Waals surface area contributed by atoms with E-state index in [1.54, 1.807) is 0 Å². The lowest BCUT2D eigenvalue weighted by Gasteiger charge is -2.33. The Balaban J connectivity index is 2.16. The van der Waals surface area contributed by atoms with Crippen molar-refractivity contribution in [2.75, 3.05) is 12.4 Å². The molecule has 0 aliphatic carbocycles. The van der Waals surface area contributed by atoms with Gasteiger partial charge in [-0.1, -0.05) is 18.5 Å². The number of sulfone groups is 1. The van der Waals surface area contributed by atoms with Gasteiger partial charge in [-0.3, -0.25) is 0 Å². The fraction of sp³-hybridized carbons (Fsp3) is 0.333. The molecule has 26 heavy (non-hydrogen) atoms. The van der Waals surface area contributed by atoms with Gasteiger partial charge in [0.15, 0.2) is 21.4 Å². The molecule has 3 nitrogen and oxygen atoms in total. The highest BCUT2D eigenvalue weighted by Gasteiger charge is 2.44. The third kappa shape index (κ3) is 3.57. The molecule has 0 N–H and O–H groups in total. The largest absolute Gasteiger partial charge is 0.489 e. The van der Waals surface area contributed by atoms with Crippen LogP contribution in [-0.4, -0.2) is 26.0 Å². The first kappa shape index (κ1) is 19.5. The van der Waals surface area contributed by atoms with Gasteiger partial charge in [-0.05, 0) is 48.6 Å². The third-order valence-corrected chi connectivity index (χ3v) is 8.19. The van der Waals surface area contributed by atoms with Gasteiger partial charge in [-0.25, -0.2) is 17.2 Å². The number of benzene rings is 2. The van der Waals surface area contributed by atoms with Crippen LogP contribution < -0.4 is 4.74 Å². The maximum Gasteiger partial charge on any atom is 0.186 e. The number of ether oxygens (including phenoxy) is 1. The van der Waals surface area contributed by atoms with Crippen LogP contribution in [0.2, 0.25) is 5.02 Å². The number of thioether (sulfide) groups is 1. The summed E-state index contributed by atoms with van der Waals surface area (Å²) in [4.78, 5) is 0.0190. The highest BCUT2D eigenvalue weighted by molar-refractivity contribution is 8.01. The van der Waals surface area contributed by atoms with Crippen LogP contribution in [0.5, 0.6) is 5.75 Å². The molecule has 2 unspecified atom stereocenters. The Labute approximate surface area is 160 Å². The van der Waals surface area contributed by atoms with Crippen molar-refractivity contribution in [1.29, 1.82) is 0 Å². The lowest BCUT2D eigenvalue weighted by atomic mass is 10.0. The molecule has 0 fully saturated rings. The topological polar surface area (TPSA) is 43.4 Å². The fourth-order valence-corrected chi connectivity index (χ4v) is 6.56. The zero-order valence-corrected chi connectivity index (χ0v) is 16.3. The number of hydrogen-bond acceptors (Lipinski definition) is 4. The lowest BCUT2D eigenvalue weighted by Crippen LogP contribution is -2.35. The van der Waals surface area contributed by atoms with Gasteiger partial charge in [0.25, 0.3) is 0 Å². The van der Waals surface area contributed by atoms with Crippen LogP contribution in [0.15, 0.2) is 41.3 Å². The molecule has 1 aliphatic rings. The van der Waals surface area contributed by atoms with Crippen LogP contribution in [0, 0.1) is 11.6 Å². The number of halogens is 3. The number of hydrogen-bond donors (Lipinski definition) is 0. The van der Waals surface area contributed by atoms with E-state index >= 15 is 0 Å². The number of fused-ring (bicyclic) bond motifs is 1. The molecule has 0 bridgehead atoms. The van der Waals surface area contributed by atoms with Crippen molar-refractivity contribution in [2.24, 2.45) is 0 Å².